The molecule has 3 rings (SSSR count). The highest BCUT2D eigenvalue weighted by Crippen LogP contribution is 2.19. The van der Waals surface area contributed by atoms with E-state index in [1.165, 1.54) is 0 Å². The van der Waals surface area contributed by atoms with Gasteiger partial charge in [-0.25, -0.2) is 4.98 Å². The summed E-state index contributed by atoms with van der Waals surface area (Å²) in [6.45, 7) is 8.65. The molecule has 1 aliphatic heterocycles. The molecule has 6 nitrogen and oxygen atoms in total. The molecule has 0 bridgehead atoms. The first-order valence-corrected chi connectivity index (χ1v) is 8.65. The Hall–Kier alpha value is -2.60. The Balaban J connectivity index is 1.60. The Morgan fingerprint density at radius 1 is 1.08 bits per heavy atom. The summed E-state index contributed by atoms with van der Waals surface area (Å²) in [7, 11) is 0. The summed E-state index contributed by atoms with van der Waals surface area (Å²) in [5, 5.41) is 2.83. The molecule has 0 atom stereocenters. The molecule has 1 fully saturated rings. The van der Waals surface area contributed by atoms with Crippen LogP contribution in [0.5, 0.6) is 0 Å². The van der Waals surface area contributed by atoms with Crippen LogP contribution in [-0.4, -0.2) is 48.0 Å². The molecular weight excluding hydrogens is 314 g/mol. The zero-order valence-corrected chi connectivity index (χ0v) is 14.8. The van der Waals surface area contributed by atoms with Crippen molar-refractivity contribution in [3.8, 4) is 0 Å². The number of piperazine rings is 1. The van der Waals surface area contributed by atoms with Crippen molar-refractivity contribution in [2.45, 2.75) is 19.9 Å². The average Bonchev–Trinajstić information content (AvgIpc) is 2.64. The van der Waals surface area contributed by atoms with E-state index in [1.54, 1.807) is 18.3 Å². The van der Waals surface area contributed by atoms with Gasteiger partial charge in [-0.3, -0.25) is 9.69 Å². The third kappa shape index (κ3) is 4.28. The van der Waals surface area contributed by atoms with Crippen LogP contribution in [-0.2, 0) is 0 Å². The maximum Gasteiger partial charge on any atom is 0.255 e. The minimum Gasteiger partial charge on any atom is -0.384 e. The summed E-state index contributed by atoms with van der Waals surface area (Å²) in [6.07, 6.45) is 1.55. The summed E-state index contributed by atoms with van der Waals surface area (Å²) < 4.78 is 0. The highest BCUT2D eigenvalue weighted by atomic mass is 16.1. The molecule has 2 aromatic rings. The number of nitrogens with one attached hydrogen (secondary N) is 1. The maximum atomic E-state index is 12.3. The van der Waals surface area contributed by atoms with Gasteiger partial charge >= 0.3 is 0 Å². The van der Waals surface area contributed by atoms with E-state index in [2.05, 4.69) is 33.9 Å². The molecule has 0 spiro atoms. The molecule has 1 aromatic carbocycles. The van der Waals surface area contributed by atoms with Crippen LogP contribution in [0.25, 0.3) is 0 Å². The second-order valence-electron chi connectivity index (χ2n) is 6.59. The van der Waals surface area contributed by atoms with Crippen molar-refractivity contribution in [2.24, 2.45) is 0 Å². The predicted octanol–water partition coefficient (Wildman–Crippen LogP) is 2.45. The molecule has 132 valence electrons. The van der Waals surface area contributed by atoms with Crippen LogP contribution in [0.4, 0.5) is 17.2 Å². The second kappa shape index (κ2) is 7.53. The second-order valence-corrected chi connectivity index (χ2v) is 6.59. The first kappa shape index (κ1) is 17.2. The fourth-order valence-electron chi connectivity index (χ4n) is 3.00. The number of amides is 1. The molecule has 0 radical (unpaired) electrons. The lowest BCUT2D eigenvalue weighted by molar-refractivity contribution is 0.102. The molecule has 1 saturated heterocycles. The van der Waals surface area contributed by atoms with E-state index in [0.29, 0.717) is 23.1 Å². The zero-order chi connectivity index (χ0) is 17.8. The smallest absolute Gasteiger partial charge is 0.255 e. The van der Waals surface area contributed by atoms with Gasteiger partial charge < -0.3 is 16.0 Å². The van der Waals surface area contributed by atoms with Crippen molar-refractivity contribution in [3.05, 3.63) is 48.2 Å². The highest BCUT2D eigenvalue weighted by Gasteiger charge is 2.19. The van der Waals surface area contributed by atoms with E-state index in [-0.39, 0.29) is 5.91 Å². The van der Waals surface area contributed by atoms with E-state index in [9.17, 15) is 4.79 Å². The van der Waals surface area contributed by atoms with E-state index >= 15 is 0 Å². The van der Waals surface area contributed by atoms with Crippen LogP contribution < -0.4 is 16.0 Å². The van der Waals surface area contributed by atoms with Gasteiger partial charge in [0.05, 0.1) is 11.9 Å². The van der Waals surface area contributed by atoms with Crippen LogP contribution in [0.2, 0.25) is 0 Å². The van der Waals surface area contributed by atoms with Crippen molar-refractivity contribution < 1.29 is 4.79 Å². The third-order valence-electron chi connectivity index (χ3n) is 4.58. The van der Waals surface area contributed by atoms with E-state index in [0.717, 1.165) is 31.9 Å². The number of nitrogens with zero attached hydrogens (tertiary/aromatic N) is 3. The first-order chi connectivity index (χ1) is 12.0. The topological polar surface area (TPSA) is 74.5 Å². The van der Waals surface area contributed by atoms with Crippen LogP contribution >= 0.6 is 0 Å². The monoisotopic (exact) mass is 339 g/mol. The van der Waals surface area contributed by atoms with Crippen LogP contribution in [0, 0.1) is 0 Å². The van der Waals surface area contributed by atoms with Crippen LogP contribution in [0.3, 0.4) is 0 Å². The molecule has 1 amide bonds. The lowest BCUT2D eigenvalue weighted by atomic mass is 10.1. The van der Waals surface area contributed by atoms with Crippen molar-refractivity contribution in [2.75, 3.05) is 42.1 Å². The molecule has 2 heterocycles. The summed E-state index contributed by atoms with van der Waals surface area (Å²) in [4.78, 5) is 21.1. The van der Waals surface area contributed by atoms with Gasteiger partial charge in [0, 0.05) is 43.5 Å². The summed E-state index contributed by atoms with van der Waals surface area (Å²) in [5.74, 6) is 0.280. The van der Waals surface area contributed by atoms with E-state index in [1.807, 2.05) is 24.3 Å². The normalized spacial score (nSPS) is 15.4. The van der Waals surface area contributed by atoms with Gasteiger partial charge in [-0.2, -0.15) is 0 Å². The van der Waals surface area contributed by atoms with E-state index in [4.69, 9.17) is 5.73 Å². The predicted molar refractivity (Wildman–Crippen MR) is 102 cm³/mol. The van der Waals surface area contributed by atoms with E-state index < -0.39 is 0 Å². The van der Waals surface area contributed by atoms with Gasteiger partial charge in [0.2, 0.25) is 0 Å². The largest absolute Gasteiger partial charge is 0.384 e. The van der Waals surface area contributed by atoms with Crippen molar-refractivity contribution >= 4 is 23.1 Å². The van der Waals surface area contributed by atoms with Gasteiger partial charge in [0.15, 0.2) is 0 Å². The fourth-order valence-corrected chi connectivity index (χ4v) is 3.00. The third-order valence-corrected chi connectivity index (χ3v) is 4.58. The van der Waals surface area contributed by atoms with Gasteiger partial charge in [0.1, 0.15) is 5.82 Å². The van der Waals surface area contributed by atoms with Gasteiger partial charge in [-0.15, -0.1) is 0 Å². The number of rotatable bonds is 4. The number of anilines is 3. The Kier molecular flexibility index (Phi) is 5.19. The van der Waals surface area contributed by atoms with Crippen LogP contribution in [0.15, 0.2) is 42.6 Å². The lowest BCUT2D eigenvalue weighted by Gasteiger charge is -2.38. The minimum absolute atomic E-state index is 0.150. The number of pyridine rings is 1. The number of carbonyl (C=O) groups is 1. The zero-order valence-electron chi connectivity index (χ0n) is 14.8. The van der Waals surface area contributed by atoms with Gasteiger partial charge in [-0.1, -0.05) is 0 Å². The molecule has 3 N–H and O–H groups in total. The minimum atomic E-state index is -0.150. The highest BCUT2D eigenvalue weighted by molar-refractivity contribution is 6.04. The van der Waals surface area contributed by atoms with Crippen molar-refractivity contribution in [3.63, 3.8) is 0 Å². The first-order valence-electron chi connectivity index (χ1n) is 8.65. The van der Waals surface area contributed by atoms with Gasteiger partial charge in [-0.05, 0) is 50.2 Å². The molecule has 25 heavy (non-hydrogen) atoms. The number of benzene rings is 1. The molecule has 1 aromatic heterocycles. The van der Waals surface area contributed by atoms with Crippen LogP contribution in [0.1, 0.15) is 24.2 Å². The Morgan fingerprint density at radius 2 is 1.76 bits per heavy atom. The number of nitrogens with two attached hydrogens (primary N) is 1. The molecular formula is C19H25N5O. The SMILES string of the molecule is CC(C)N1CCN(c2ccc(C(=O)Nc3ccc(N)nc3)cc2)CC1. The summed E-state index contributed by atoms with van der Waals surface area (Å²) >= 11 is 0. The number of hydrogen-bond donors (Lipinski definition) is 2. The number of aromatic nitrogens is 1. The molecule has 0 unspecified atom stereocenters. The van der Waals surface area contributed by atoms with Crippen molar-refractivity contribution in [1.82, 2.24) is 9.88 Å². The fraction of sp³-hybridized carbons (Fsp3) is 0.368. The molecule has 0 aliphatic carbocycles. The van der Waals surface area contributed by atoms with Gasteiger partial charge in [0.25, 0.3) is 5.91 Å². The average molecular weight is 339 g/mol. The Morgan fingerprint density at radius 3 is 2.32 bits per heavy atom. The summed E-state index contributed by atoms with van der Waals surface area (Å²) in [5.41, 5.74) is 7.97. The summed E-state index contributed by atoms with van der Waals surface area (Å²) in [6, 6.07) is 11.8. The quantitative estimate of drug-likeness (QED) is 0.895. The standard InChI is InChI=1S/C19H25N5O/c1-14(2)23-9-11-24(12-10-23)17-6-3-15(4-7-17)19(25)22-16-5-8-18(20)21-13-16/h3-8,13-14H,9-12H2,1-2H3,(H2,20,21)(H,22,25). The number of carbonyl (C=O) groups excluding carboxylic acids is 1. The van der Waals surface area contributed by atoms with Crippen molar-refractivity contribution in [1.29, 1.82) is 0 Å². The lowest BCUT2D eigenvalue weighted by Crippen LogP contribution is -2.48. The molecule has 6 heteroatoms. The Bertz CT molecular complexity index is 704. The Labute approximate surface area is 148 Å². The number of hydrogen-bond acceptors (Lipinski definition) is 5. The molecule has 1 aliphatic rings. The maximum absolute atomic E-state index is 12.3. The molecule has 0 saturated carbocycles. The number of nitrogen functional groups attached to an aromatic ring is 1.